The summed E-state index contributed by atoms with van der Waals surface area (Å²) >= 11 is 0. The summed E-state index contributed by atoms with van der Waals surface area (Å²) in [6, 6.07) is 4.79. The lowest BCUT2D eigenvalue weighted by Crippen LogP contribution is -2.41. The molecule has 0 radical (unpaired) electrons. The van der Waals surface area contributed by atoms with Crippen LogP contribution < -0.4 is 10.9 Å². The van der Waals surface area contributed by atoms with E-state index in [9.17, 15) is 37.1 Å². The molecule has 1 aromatic heterocycles. The number of nitrogens with one attached hydrogen (secondary N) is 1. The van der Waals surface area contributed by atoms with E-state index in [1.54, 1.807) is 45.9 Å². The van der Waals surface area contributed by atoms with Gasteiger partial charge in [0, 0.05) is 18.3 Å². The molecule has 0 spiro atoms. The van der Waals surface area contributed by atoms with Crippen LogP contribution in [0.25, 0.3) is 11.1 Å². The first-order chi connectivity index (χ1) is 20.9. The van der Waals surface area contributed by atoms with Crippen LogP contribution in [0.4, 0.5) is 22.0 Å². The average Bonchev–Trinajstić information content (AvgIpc) is 2.91. The van der Waals surface area contributed by atoms with Gasteiger partial charge in [0.1, 0.15) is 11.9 Å². The molecule has 1 unspecified atom stereocenters. The summed E-state index contributed by atoms with van der Waals surface area (Å²) in [5, 5.41) is 12.1. The molecule has 3 rings (SSSR count). The number of hydrogen-bond acceptors (Lipinski definition) is 4. The molecular formula is C33H38F5N3O4. The lowest BCUT2D eigenvalue weighted by atomic mass is 9.90. The Morgan fingerprint density at radius 3 is 2.20 bits per heavy atom. The number of benzene rings is 2. The minimum absolute atomic E-state index is 0.000826. The largest absolute Gasteiger partial charge is 0.481 e. The maximum Gasteiger partial charge on any atom is 0.419 e. The van der Waals surface area contributed by atoms with E-state index in [-0.39, 0.29) is 17.9 Å². The number of carboxylic acids is 1. The molecule has 2 aromatic carbocycles. The Hall–Kier alpha value is -4.06. The number of carbonyl (C=O) groups excluding carboxylic acids is 1. The van der Waals surface area contributed by atoms with Crippen molar-refractivity contribution >= 4 is 11.9 Å². The van der Waals surface area contributed by atoms with Crippen LogP contribution in [0.5, 0.6) is 0 Å². The first-order valence-electron chi connectivity index (χ1n) is 14.4. The molecule has 45 heavy (non-hydrogen) atoms. The molecule has 3 aromatic rings. The third-order valence-electron chi connectivity index (χ3n) is 7.48. The quantitative estimate of drug-likeness (QED) is 0.223. The van der Waals surface area contributed by atoms with Gasteiger partial charge in [-0.2, -0.15) is 13.2 Å². The molecule has 0 saturated heterocycles. The summed E-state index contributed by atoms with van der Waals surface area (Å²) in [5.74, 6) is -5.53. The van der Waals surface area contributed by atoms with Crippen molar-refractivity contribution in [1.82, 2.24) is 14.8 Å². The Morgan fingerprint density at radius 2 is 1.67 bits per heavy atom. The van der Waals surface area contributed by atoms with Gasteiger partial charge in [-0.15, -0.1) is 0 Å². The SMILES string of the molecule is Cc1cccc(C)c1-c1cc([C@H](CC(=O)O)NC(=O)C(CC(C)C)n2cc(CCN(C)C)cc(F)c2=O)c(F)c(C(F)(F)F)c1. The summed E-state index contributed by atoms with van der Waals surface area (Å²) in [7, 11) is 3.62. The highest BCUT2D eigenvalue weighted by Gasteiger charge is 2.38. The van der Waals surface area contributed by atoms with Gasteiger partial charge in [0.2, 0.25) is 5.91 Å². The molecule has 1 amide bonds. The van der Waals surface area contributed by atoms with Gasteiger partial charge in [0.15, 0.2) is 5.82 Å². The van der Waals surface area contributed by atoms with Crippen molar-refractivity contribution in [2.75, 3.05) is 20.6 Å². The standard InChI is InChI=1S/C33H38F5N3O4/c1-18(2)12-27(41-17-21(10-11-40(5)6)13-25(34)32(41)45)31(44)39-26(16-28(42)43)23-14-22(15-24(30(23)35)33(36,37)38)29-19(3)8-7-9-20(29)4/h7-9,13-15,17-18,26-27H,10-12,16H2,1-6H3,(H,39,44)(H,42,43)/t26-,27?/m0/s1. The third kappa shape index (κ3) is 8.78. The number of amides is 1. The molecule has 7 nitrogen and oxygen atoms in total. The Kier molecular flexibility index (Phi) is 11.3. The number of likely N-dealkylation sites (N-methyl/N-ethyl adjacent to an activating group) is 1. The zero-order chi connectivity index (χ0) is 33.8. The Balaban J connectivity index is 2.19. The number of halogens is 5. The third-order valence-corrected chi connectivity index (χ3v) is 7.48. The van der Waals surface area contributed by atoms with Crippen molar-refractivity contribution in [3.63, 3.8) is 0 Å². The van der Waals surface area contributed by atoms with E-state index in [1.165, 1.54) is 6.20 Å². The maximum atomic E-state index is 15.7. The molecule has 12 heteroatoms. The summed E-state index contributed by atoms with van der Waals surface area (Å²) < 4.78 is 73.8. The van der Waals surface area contributed by atoms with Gasteiger partial charge >= 0.3 is 12.1 Å². The topological polar surface area (TPSA) is 91.6 Å². The van der Waals surface area contributed by atoms with Crippen LogP contribution in [-0.4, -0.2) is 47.1 Å². The summed E-state index contributed by atoms with van der Waals surface area (Å²) in [6.07, 6.45) is -4.41. The summed E-state index contributed by atoms with van der Waals surface area (Å²) in [6.45, 7) is 7.35. The first-order valence-corrected chi connectivity index (χ1v) is 14.4. The van der Waals surface area contributed by atoms with Crippen LogP contribution in [0, 0.1) is 31.4 Å². The number of rotatable bonds is 12. The predicted octanol–water partition coefficient (Wildman–Crippen LogP) is 6.45. The van der Waals surface area contributed by atoms with Crippen molar-refractivity contribution in [3.05, 3.63) is 92.4 Å². The van der Waals surface area contributed by atoms with Crippen molar-refractivity contribution < 1.29 is 36.6 Å². The number of alkyl halides is 3. The van der Waals surface area contributed by atoms with E-state index >= 15 is 4.39 Å². The van der Waals surface area contributed by atoms with Gasteiger partial charge < -0.3 is 19.9 Å². The van der Waals surface area contributed by atoms with Crippen LogP contribution >= 0.6 is 0 Å². The molecule has 0 aliphatic heterocycles. The number of hydrogen-bond donors (Lipinski definition) is 2. The first kappa shape index (κ1) is 35.4. The van der Waals surface area contributed by atoms with Crippen molar-refractivity contribution in [1.29, 1.82) is 0 Å². The van der Waals surface area contributed by atoms with Gasteiger partial charge in [-0.3, -0.25) is 14.4 Å². The van der Waals surface area contributed by atoms with Crippen LogP contribution in [-0.2, 0) is 22.2 Å². The van der Waals surface area contributed by atoms with Gasteiger partial charge in [-0.05, 0) is 92.7 Å². The van der Waals surface area contributed by atoms with Crippen molar-refractivity contribution in [3.8, 4) is 11.1 Å². The minimum Gasteiger partial charge on any atom is -0.481 e. The van der Waals surface area contributed by atoms with E-state index in [4.69, 9.17) is 0 Å². The lowest BCUT2D eigenvalue weighted by Gasteiger charge is -2.27. The fourth-order valence-corrected chi connectivity index (χ4v) is 5.34. The molecular weight excluding hydrogens is 597 g/mol. The number of carbonyl (C=O) groups is 2. The van der Waals surface area contributed by atoms with Crippen molar-refractivity contribution in [2.45, 2.75) is 65.2 Å². The molecule has 0 aliphatic rings. The van der Waals surface area contributed by atoms with Gasteiger partial charge in [-0.25, -0.2) is 8.78 Å². The van der Waals surface area contributed by atoms with E-state index in [1.807, 2.05) is 19.0 Å². The number of aryl methyl sites for hydroxylation is 2. The highest BCUT2D eigenvalue weighted by atomic mass is 19.4. The zero-order valence-electron chi connectivity index (χ0n) is 26.1. The second-order valence-corrected chi connectivity index (χ2v) is 12.0. The lowest BCUT2D eigenvalue weighted by molar-refractivity contribution is -0.140. The molecule has 2 atom stereocenters. The normalized spacial score (nSPS) is 13.3. The van der Waals surface area contributed by atoms with Gasteiger partial charge in [-0.1, -0.05) is 32.0 Å². The molecule has 0 fully saturated rings. The van der Waals surface area contributed by atoms with Crippen molar-refractivity contribution in [2.24, 2.45) is 5.92 Å². The summed E-state index contributed by atoms with van der Waals surface area (Å²) in [4.78, 5) is 40.5. The molecule has 2 N–H and O–H groups in total. The highest BCUT2D eigenvalue weighted by Crippen LogP contribution is 2.40. The van der Waals surface area contributed by atoms with Crippen LogP contribution in [0.15, 0.2) is 47.4 Å². The second-order valence-electron chi connectivity index (χ2n) is 12.0. The van der Waals surface area contributed by atoms with Gasteiger partial charge in [0.05, 0.1) is 18.0 Å². The fraction of sp³-hybridized carbons (Fsp3) is 0.424. The van der Waals surface area contributed by atoms with Gasteiger partial charge in [0.25, 0.3) is 5.56 Å². The van der Waals surface area contributed by atoms with Crippen LogP contribution in [0.1, 0.15) is 66.6 Å². The average molecular weight is 636 g/mol. The van der Waals surface area contributed by atoms with E-state index in [2.05, 4.69) is 5.32 Å². The van der Waals surface area contributed by atoms with Crippen LogP contribution in [0.2, 0.25) is 0 Å². The van der Waals surface area contributed by atoms with E-state index < -0.39 is 64.9 Å². The molecule has 0 bridgehead atoms. The Labute approximate surface area is 258 Å². The number of aromatic nitrogens is 1. The monoisotopic (exact) mass is 635 g/mol. The van der Waals surface area contributed by atoms with Crippen LogP contribution in [0.3, 0.4) is 0 Å². The Morgan fingerprint density at radius 1 is 1.04 bits per heavy atom. The molecule has 1 heterocycles. The number of nitrogens with zero attached hydrogens (tertiary/aromatic N) is 2. The highest BCUT2D eigenvalue weighted by molar-refractivity contribution is 5.82. The maximum absolute atomic E-state index is 15.7. The Bertz CT molecular complexity index is 1590. The fourth-order valence-electron chi connectivity index (χ4n) is 5.34. The number of pyridine rings is 1. The summed E-state index contributed by atoms with van der Waals surface area (Å²) in [5.41, 5.74) is -1.37. The zero-order valence-corrected chi connectivity index (χ0v) is 26.1. The van der Waals surface area contributed by atoms with E-state index in [0.717, 1.165) is 16.7 Å². The number of aliphatic carboxylic acids is 1. The predicted molar refractivity (Wildman–Crippen MR) is 161 cm³/mol. The second kappa shape index (κ2) is 14.4. The molecule has 244 valence electrons. The van der Waals surface area contributed by atoms with E-state index in [0.29, 0.717) is 41.3 Å². The molecule has 0 saturated carbocycles. The molecule has 0 aliphatic carbocycles. The smallest absolute Gasteiger partial charge is 0.419 e. The number of carboxylic acid groups (broad SMARTS) is 1. The minimum atomic E-state index is -5.14.